The molecule has 0 aliphatic carbocycles. The monoisotopic (exact) mass is 218 g/mol. The number of hydrogen-bond donors (Lipinski definition) is 1. The van der Waals surface area contributed by atoms with Crippen molar-refractivity contribution in [3.05, 3.63) is 42.2 Å². The Hall–Kier alpha value is -1.55. The zero-order chi connectivity index (χ0) is 11.5. The van der Waals surface area contributed by atoms with E-state index in [1.54, 1.807) is 0 Å². The molecule has 0 aliphatic heterocycles. The number of imidazole rings is 1. The molecule has 0 radical (unpaired) electrons. The van der Waals surface area contributed by atoms with Gasteiger partial charge in [0, 0.05) is 43.9 Å². The number of nitrogens with two attached hydrogens (primary N) is 1. The summed E-state index contributed by atoms with van der Waals surface area (Å²) in [7, 11) is 0. The van der Waals surface area contributed by atoms with Gasteiger partial charge in [0.1, 0.15) is 5.82 Å². The lowest BCUT2D eigenvalue weighted by molar-refractivity contribution is 0.568. The molecule has 0 aromatic carbocycles. The molecule has 4 nitrogen and oxygen atoms in total. The average Bonchev–Trinajstić information content (AvgIpc) is 2.83. The molecule has 1 unspecified atom stereocenters. The highest BCUT2D eigenvalue weighted by atomic mass is 15.1. The van der Waals surface area contributed by atoms with Crippen LogP contribution in [0, 0.1) is 6.92 Å². The van der Waals surface area contributed by atoms with Crippen molar-refractivity contribution < 1.29 is 0 Å². The molecule has 4 heteroatoms. The quantitative estimate of drug-likeness (QED) is 0.849. The Morgan fingerprint density at radius 3 is 2.75 bits per heavy atom. The molecule has 86 valence electrons. The van der Waals surface area contributed by atoms with Crippen molar-refractivity contribution in [2.24, 2.45) is 5.73 Å². The minimum Gasteiger partial charge on any atom is -0.352 e. The molecule has 0 fully saturated rings. The van der Waals surface area contributed by atoms with E-state index in [0.717, 1.165) is 18.9 Å². The van der Waals surface area contributed by atoms with Gasteiger partial charge in [-0.05, 0) is 25.5 Å². The molecule has 1 atom stereocenters. The summed E-state index contributed by atoms with van der Waals surface area (Å²) in [5.41, 5.74) is 7.00. The Labute approximate surface area is 95.7 Å². The third kappa shape index (κ3) is 2.33. The summed E-state index contributed by atoms with van der Waals surface area (Å²) in [4.78, 5) is 4.20. The maximum Gasteiger partial charge on any atom is 0.105 e. The second-order valence-electron chi connectivity index (χ2n) is 4.14. The van der Waals surface area contributed by atoms with Gasteiger partial charge in [0.25, 0.3) is 0 Å². The maximum atomic E-state index is 5.81. The van der Waals surface area contributed by atoms with Crippen molar-refractivity contribution in [1.82, 2.24) is 14.1 Å². The Morgan fingerprint density at radius 2 is 2.19 bits per heavy atom. The van der Waals surface area contributed by atoms with Crippen LogP contribution < -0.4 is 5.73 Å². The summed E-state index contributed by atoms with van der Waals surface area (Å²) in [6.45, 7) is 5.91. The van der Waals surface area contributed by atoms with Crippen molar-refractivity contribution in [2.45, 2.75) is 33.0 Å². The van der Waals surface area contributed by atoms with E-state index in [1.807, 2.05) is 26.2 Å². The SMILES string of the molecule is Cc1nccn1CCn1ccc(C(C)N)c1. The molecule has 0 aliphatic rings. The van der Waals surface area contributed by atoms with Crippen LogP contribution in [0.5, 0.6) is 0 Å². The lowest BCUT2D eigenvalue weighted by Gasteiger charge is -2.06. The number of rotatable bonds is 4. The molecule has 0 bridgehead atoms. The van der Waals surface area contributed by atoms with Gasteiger partial charge in [-0.15, -0.1) is 0 Å². The van der Waals surface area contributed by atoms with Crippen LogP contribution in [0.3, 0.4) is 0 Å². The normalized spacial score (nSPS) is 12.9. The maximum absolute atomic E-state index is 5.81. The lowest BCUT2D eigenvalue weighted by atomic mass is 10.2. The lowest BCUT2D eigenvalue weighted by Crippen LogP contribution is -2.07. The second kappa shape index (κ2) is 4.53. The van der Waals surface area contributed by atoms with Gasteiger partial charge in [-0.1, -0.05) is 0 Å². The van der Waals surface area contributed by atoms with E-state index in [0.29, 0.717) is 0 Å². The van der Waals surface area contributed by atoms with E-state index in [1.165, 1.54) is 5.56 Å². The number of hydrogen-bond acceptors (Lipinski definition) is 2. The first-order valence-corrected chi connectivity index (χ1v) is 5.56. The first-order valence-electron chi connectivity index (χ1n) is 5.56. The molecular weight excluding hydrogens is 200 g/mol. The van der Waals surface area contributed by atoms with Crippen LogP contribution in [-0.4, -0.2) is 14.1 Å². The zero-order valence-electron chi connectivity index (χ0n) is 9.80. The van der Waals surface area contributed by atoms with E-state index in [-0.39, 0.29) is 6.04 Å². The smallest absolute Gasteiger partial charge is 0.105 e. The van der Waals surface area contributed by atoms with Crippen LogP contribution in [0.25, 0.3) is 0 Å². The molecule has 0 spiro atoms. The van der Waals surface area contributed by atoms with Gasteiger partial charge in [-0.25, -0.2) is 4.98 Å². The summed E-state index contributed by atoms with van der Waals surface area (Å²) >= 11 is 0. The molecular formula is C12H18N4. The van der Waals surface area contributed by atoms with E-state index >= 15 is 0 Å². The molecule has 0 saturated heterocycles. The van der Waals surface area contributed by atoms with Crippen molar-refractivity contribution in [3.8, 4) is 0 Å². The van der Waals surface area contributed by atoms with E-state index < -0.39 is 0 Å². The fraction of sp³-hybridized carbons (Fsp3) is 0.417. The predicted molar refractivity (Wildman–Crippen MR) is 64.0 cm³/mol. The fourth-order valence-corrected chi connectivity index (χ4v) is 1.73. The van der Waals surface area contributed by atoms with Gasteiger partial charge < -0.3 is 14.9 Å². The van der Waals surface area contributed by atoms with Crippen LogP contribution in [0.1, 0.15) is 24.4 Å². The van der Waals surface area contributed by atoms with Crippen molar-refractivity contribution in [3.63, 3.8) is 0 Å². The summed E-state index contributed by atoms with van der Waals surface area (Å²) in [6.07, 6.45) is 8.02. The fourth-order valence-electron chi connectivity index (χ4n) is 1.73. The van der Waals surface area contributed by atoms with Gasteiger partial charge in [0.15, 0.2) is 0 Å². The molecule has 0 saturated carbocycles. The van der Waals surface area contributed by atoms with Crippen molar-refractivity contribution >= 4 is 0 Å². The Morgan fingerprint density at radius 1 is 1.38 bits per heavy atom. The highest BCUT2D eigenvalue weighted by molar-refractivity contribution is 5.13. The molecule has 2 N–H and O–H groups in total. The summed E-state index contributed by atoms with van der Waals surface area (Å²) in [5, 5.41) is 0. The van der Waals surface area contributed by atoms with Crippen LogP contribution >= 0.6 is 0 Å². The van der Waals surface area contributed by atoms with Crippen LogP contribution in [0.2, 0.25) is 0 Å². The number of nitrogens with zero attached hydrogens (tertiary/aromatic N) is 3. The van der Waals surface area contributed by atoms with Crippen molar-refractivity contribution in [2.75, 3.05) is 0 Å². The molecule has 2 aromatic rings. The molecule has 2 aromatic heterocycles. The molecule has 16 heavy (non-hydrogen) atoms. The standard InChI is InChI=1S/C12H18N4/c1-10(13)12-3-5-15(9-12)7-8-16-6-4-14-11(16)2/h3-6,9-10H,7-8,13H2,1-2H3. The number of aryl methyl sites for hydroxylation is 3. The van der Waals surface area contributed by atoms with E-state index in [2.05, 4.69) is 32.6 Å². The Balaban J connectivity index is 1.97. The topological polar surface area (TPSA) is 48.8 Å². The minimum atomic E-state index is 0.108. The minimum absolute atomic E-state index is 0.108. The van der Waals surface area contributed by atoms with Crippen LogP contribution in [-0.2, 0) is 13.1 Å². The molecule has 2 heterocycles. The van der Waals surface area contributed by atoms with Gasteiger partial charge in [-0.3, -0.25) is 0 Å². The van der Waals surface area contributed by atoms with Gasteiger partial charge in [0.05, 0.1) is 0 Å². The summed E-state index contributed by atoms with van der Waals surface area (Å²) in [6, 6.07) is 2.18. The largest absolute Gasteiger partial charge is 0.352 e. The van der Waals surface area contributed by atoms with Gasteiger partial charge in [-0.2, -0.15) is 0 Å². The van der Waals surface area contributed by atoms with Crippen LogP contribution in [0.4, 0.5) is 0 Å². The van der Waals surface area contributed by atoms with Crippen molar-refractivity contribution in [1.29, 1.82) is 0 Å². The Bertz CT molecular complexity index is 453. The average molecular weight is 218 g/mol. The zero-order valence-corrected chi connectivity index (χ0v) is 9.80. The molecule has 0 amide bonds. The highest BCUT2D eigenvalue weighted by Crippen LogP contribution is 2.09. The third-order valence-corrected chi connectivity index (χ3v) is 2.82. The second-order valence-corrected chi connectivity index (χ2v) is 4.14. The van der Waals surface area contributed by atoms with E-state index in [4.69, 9.17) is 5.73 Å². The summed E-state index contributed by atoms with van der Waals surface area (Å²) < 4.78 is 4.31. The third-order valence-electron chi connectivity index (χ3n) is 2.82. The first-order chi connectivity index (χ1) is 7.66. The Kier molecular flexibility index (Phi) is 3.10. The van der Waals surface area contributed by atoms with Crippen LogP contribution in [0.15, 0.2) is 30.9 Å². The summed E-state index contributed by atoms with van der Waals surface area (Å²) in [5.74, 6) is 1.06. The van der Waals surface area contributed by atoms with Gasteiger partial charge >= 0.3 is 0 Å². The first kappa shape index (κ1) is 11.0. The van der Waals surface area contributed by atoms with Gasteiger partial charge in [0.2, 0.25) is 0 Å². The number of aromatic nitrogens is 3. The highest BCUT2D eigenvalue weighted by Gasteiger charge is 2.02. The predicted octanol–water partition coefficient (Wildman–Crippen LogP) is 1.71. The molecule has 2 rings (SSSR count). The van der Waals surface area contributed by atoms with E-state index in [9.17, 15) is 0 Å².